The molecule has 1 amide bonds. The van der Waals surface area contributed by atoms with Gasteiger partial charge in [0, 0.05) is 40.7 Å². The predicted molar refractivity (Wildman–Crippen MR) is 134 cm³/mol. The molecule has 0 saturated carbocycles. The molecule has 3 aromatic carbocycles. The number of benzene rings is 3. The fourth-order valence-electron chi connectivity index (χ4n) is 3.40. The van der Waals surface area contributed by atoms with Crippen LogP contribution in [0.15, 0.2) is 70.5 Å². The number of carbonyl (C=O) groups is 2. The molecule has 0 fully saturated rings. The van der Waals surface area contributed by atoms with Crippen molar-refractivity contribution in [3.05, 3.63) is 71.8 Å². The summed E-state index contributed by atoms with van der Waals surface area (Å²) >= 11 is 0. The minimum absolute atomic E-state index is 0.0201. The van der Waals surface area contributed by atoms with Crippen LogP contribution in [0.5, 0.6) is 0 Å². The summed E-state index contributed by atoms with van der Waals surface area (Å²) < 4.78 is 60.2. The third kappa shape index (κ3) is 5.62. The highest BCUT2D eigenvalue weighted by Gasteiger charge is 2.26. The SMILES string of the molecule is CNc1ccc(-c2ccc(NC(=O)c3cccc(C(C)=O)c3)cc2S(=O)(=O)OC)c(S(=O)(=O)OC)c1. The van der Waals surface area contributed by atoms with Crippen molar-refractivity contribution in [2.24, 2.45) is 0 Å². The number of carbonyl (C=O) groups excluding carboxylic acids is 2. The number of nitrogens with one attached hydrogen (secondary N) is 2. The van der Waals surface area contributed by atoms with Crippen LogP contribution in [-0.2, 0) is 28.6 Å². The number of Topliss-reactive ketones (excluding diaryl/α,β-unsaturated/α-hetero) is 1. The molecule has 10 nitrogen and oxygen atoms in total. The van der Waals surface area contributed by atoms with E-state index in [9.17, 15) is 26.4 Å². The van der Waals surface area contributed by atoms with E-state index in [4.69, 9.17) is 4.18 Å². The Morgan fingerprint density at radius 3 is 1.72 bits per heavy atom. The molecule has 190 valence electrons. The highest BCUT2D eigenvalue weighted by Crippen LogP contribution is 2.36. The van der Waals surface area contributed by atoms with E-state index in [0.29, 0.717) is 11.3 Å². The Balaban J connectivity index is 2.15. The van der Waals surface area contributed by atoms with Gasteiger partial charge in [0.05, 0.1) is 14.2 Å². The van der Waals surface area contributed by atoms with Gasteiger partial charge in [0.25, 0.3) is 26.1 Å². The summed E-state index contributed by atoms with van der Waals surface area (Å²) in [6, 6.07) is 14.3. The smallest absolute Gasteiger partial charge is 0.297 e. The number of hydrogen-bond donors (Lipinski definition) is 2. The van der Waals surface area contributed by atoms with E-state index in [-0.39, 0.29) is 38.0 Å². The molecule has 0 spiro atoms. The first kappa shape index (κ1) is 27.0. The Morgan fingerprint density at radius 2 is 1.22 bits per heavy atom. The molecule has 0 bridgehead atoms. The molecule has 36 heavy (non-hydrogen) atoms. The molecule has 3 rings (SSSR count). The van der Waals surface area contributed by atoms with Crippen molar-refractivity contribution in [3.63, 3.8) is 0 Å². The summed E-state index contributed by atoms with van der Waals surface area (Å²) in [6.07, 6.45) is 0. The van der Waals surface area contributed by atoms with Crippen LogP contribution in [0.4, 0.5) is 11.4 Å². The van der Waals surface area contributed by atoms with Crippen LogP contribution in [0, 0.1) is 0 Å². The molecule has 0 heterocycles. The number of hydrogen-bond acceptors (Lipinski definition) is 9. The second-order valence-corrected chi connectivity index (χ2v) is 10.9. The van der Waals surface area contributed by atoms with Gasteiger partial charge in [-0.15, -0.1) is 0 Å². The first-order valence-corrected chi connectivity index (χ1v) is 13.2. The molecular formula is C24H24N2O8S2. The fraction of sp³-hybridized carbons (Fsp3) is 0.167. The van der Waals surface area contributed by atoms with E-state index in [1.165, 1.54) is 43.3 Å². The molecule has 0 aromatic heterocycles. The van der Waals surface area contributed by atoms with Crippen LogP contribution < -0.4 is 10.6 Å². The van der Waals surface area contributed by atoms with Crippen LogP contribution in [0.2, 0.25) is 0 Å². The van der Waals surface area contributed by atoms with Crippen molar-refractivity contribution in [1.29, 1.82) is 0 Å². The van der Waals surface area contributed by atoms with Gasteiger partial charge in [-0.05, 0) is 43.3 Å². The van der Waals surface area contributed by atoms with E-state index in [2.05, 4.69) is 14.8 Å². The Labute approximate surface area is 209 Å². The zero-order valence-corrected chi connectivity index (χ0v) is 21.5. The quantitative estimate of drug-likeness (QED) is 0.312. The predicted octanol–water partition coefficient (Wildman–Crippen LogP) is 3.52. The van der Waals surface area contributed by atoms with Crippen LogP contribution in [0.25, 0.3) is 11.1 Å². The number of rotatable bonds is 9. The maximum atomic E-state index is 12.8. The molecule has 12 heteroatoms. The Kier molecular flexibility index (Phi) is 7.94. The second kappa shape index (κ2) is 10.6. The minimum atomic E-state index is -4.35. The molecule has 0 atom stereocenters. The lowest BCUT2D eigenvalue weighted by atomic mass is 10.0. The lowest BCUT2D eigenvalue weighted by Crippen LogP contribution is -2.14. The van der Waals surface area contributed by atoms with E-state index in [1.807, 2.05) is 0 Å². The minimum Gasteiger partial charge on any atom is -0.388 e. The molecule has 0 radical (unpaired) electrons. The summed E-state index contributed by atoms with van der Waals surface area (Å²) in [6.45, 7) is 1.37. The van der Waals surface area contributed by atoms with Crippen LogP contribution >= 0.6 is 0 Å². The third-order valence-corrected chi connectivity index (χ3v) is 7.94. The third-order valence-electron chi connectivity index (χ3n) is 5.31. The van der Waals surface area contributed by atoms with Crippen molar-refractivity contribution in [2.75, 3.05) is 31.9 Å². The van der Waals surface area contributed by atoms with Crippen molar-refractivity contribution >= 4 is 43.3 Å². The molecule has 2 N–H and O–H groups in total. The van der Waals surface area contributed by atoms with E-state index < -0.39 is 26.1 Å². The lowest BCUT2D eigenvalue weighted by Gasteiger charge is -2.16. The van der Waals surface area contributed by atoms with Gasteiger partial charge in [-0.25, -0.2) is 0 Å². The van der Waals surface area contributed by atoms with E-state index in [0.717, 1.165) is 20.3 Å². The van der Waals surface area contributed by atoms with Crippen molar-refractivity contribution in [2.45, 2.75) is 16.7 Å². The number of ketones is 1. The average Bonchev–Trinajstić information content (AvgIpc) is 2.88. The molecule has 0 saturated heterocycles. The summed E-state index contributed by atoms with van der Waals surface area (Å²) in [7, 11) is -5.01. The maximum Gasteiger partial charge on any atom is 0.297 e. The van der Waals surface area contributed by atoms with Gasteiger partial charge in [0.2, 0.25) is 0 Å². The topological polar surface area (TPSA) is 145 Å². The van der Waals surface area contributed by atoms with E-state index in [1.54, 1.807) is 25.2 Å². The molecule has 0 aliphatic heterocycles. The maximum absolute atomic E-state index is 12.8. The first-order chi connectivity index (χ1) is 16.9. The zero-order valence-electron chi connectivity index (χ0n) is 19.9. The van der Waals surface area contributed by atoms with Crippen LogP contribution in [0.1, 0.15) is 27.6 Å². The standard InChI is InChI=1S/C24H24N2O8S2/c1-15(27)16-6-5-7-17(12-16)24(28)26-19-9-11-21(23(14-19)36(31,32)34-4)20-10-8-18(25-2)13-22(20)35(29,30)33-3/h5-14,25H,1-4H3,(H,26,28). The highest BCUT2D eigenvalue weighted by molar-refractivity contribution is 7.87. The van der Waals surface area contributed by atoms with E-state index >= 15 is 0 Å². The van der Waals surface area contributed by atoms with Gasteiger partial charge in [-0.2, -0.15) is 16.8 Å². The van der Waals surface area contributed by atoms with Crippen LogP contribution in [0.3, 0.4) is 0 Å². The fourth-order valence-corrected chi connectivity index (χ4v) is 5.20. The largest absolute Gasteiger partial charge is 0.388 e. The Morgan fingerprint density at radius 1 is 0.722 bits per heavy atom. The van der Waals surface area contributed by atoms with Crippen molar-refractivity contribution < 1.29 is 34.8 Å². The summed E-state index contributed by atoms with van der Waals surface area (Å²) in [5, 5.41) is 5.41. The van der Waals surface area contributed by atoms with Crippen molar-refractivity contribution in [3.8, 4) is 11.1 Å². The van der Waals surface area contributed by atoms with Gasteiger partial charge < -0.3 is 10.6 Å². The average molecular weight is 533 g/mol. The lowest BCUT2D eigenvalue weighted by molar-refractivity contribution is 0.101. The number of amides is 1. The van der Waals surface area contributed by atoms with Crippen molar-refractivity contribution in [1.82, 2.24) is 0 Å². The normalized spacial score (nSPS) is 11.7. The summed E-state index contributed by atoms with van der Waals surface area (Å²) in [4.78, 5) is 23.8. The number of anilines is 2. The van der Waals surface area contributed by atoms with Gasteiger partial charge in [-0.1, -0.05) is 24.3 Å². The first-order valence-electron chi connectivity index (χ1n) is 10.4. The molecule has 0 unspecified atom stereocenters. The molecule has 0 aliphatic rings. The zero-order chi connectivity index (χ0) is 26.7. The van der Waals surface area contributed by atoms with Gasteiger partial charge in [0.15, 0.2) is 5.78 Å². The van der Waals surface area contributed by atoms with Gasteiger partial charge >= 0.3 is 0 Å². The molecule has 3 aromatic rings. The highest BCUT2D eigenvalue weighted by atomic mass is 32.2. The monoisotopic (exact) mass is 532 g/mol. The second-order valence-electron chi connectivity index (χ2n) is 7.50. The summed E-state index contributed by atoms with van der Waals surface area (Å²) in [5.41, 5.74) is 1.18. The van der Waals surface area contributed by atoms with Crippen LogP contribution in [-0.4, -0.2) is 49.8 Å². The molecule has 0 aliphatic carbocycles. The molecular weight excluding hydrogens is 508 g/mol. The summed E-state index contributed by atoms with van der Waals surface area (Å²) in [5.74, 6) is -0.791. The van der Waals surface area contributed by atoms with Gasteiger partial charge in [-0.3, -0.25) is 18.0 Å². The Bertz CT molecular complexity index is 1550. The Hall–Kier alpha value is -3.58. The van der Waals surface area contributed by atoms with Gasteiger partial charge in [0.1, 0.15) is 9.79 Å².